The van der Waals surface area contributed by atoms with Crippen molar-refractivity contribution < 1.29 is 22.8 Å². The number of fused-ring (bicyclic) bond motifs is 2. The van der Waals surface area contributed by atoms with Crippen molar-refractivity contribution in [2.45, 2.75) is 10.5 Å². The number of benzene rings is 4. The Morgan fingerprint density at radius 2 is 1.65 bits per heavy atom. The Morgan fingerprint density at radius 1 is 0.892 bits per heavy atom. The molecule has 5 aromatic rings. The number of hydrogen-bond donors (Lipinski definition) is 2. The summed E-state index contributed by atoms with van der Waals surface area (Å²) < 4.78 is 40.9. The summed E-state index contributed by atoms with van der Waals surface area (Å²) in [4.78, 5) is 29.7. The zero-order valence-electron chi connectivity index (χ0n) is 19.0. The van der Waals surface area contributed by atoms with Crippen LogP contribution in [0.3, 0.4) is 0 Å². The van der Waals surface area contributed by atoms with Crippen molar-refractivity contribution in [3.63, 3.8) is 0 Å². The molecule has 1 aromatic heterocycles. The van der Waals surface area contributed by atoms with E-state index in [0.29, 0.717) is 21.1 Å². The van der Waals surface area contributed by atoms with Crippen LogP contribution in [0.2, 0.25) is 0 Å². The first kappa shape index (κ1) is 24.8. The van der Waals surface area contributed by atoms with Crippen LogP contribution in [-0.2, 0) is 11.0 Å². The molecule has 0 atom stereocenters. The van der Waals surface area contributed by atoms with Gasteiger partial charge in [0.05, 0.1) is 27.2 Å². The van der Waals surface area contributed by atoms with E-state index in [9.17, 15) is 22.8 Å². The molecule has 0 bridgehead atoms. The van der Waals surface area contributed by atoms with Crippen LogP contribution in [0, 0.1) is 0 Å². The molecule has 1 heterocycles. The first-order valence-electron chi connectivity index (χ1n) is 11.1. The van der Waals surface area contributed by atoms with Gasteiger partial charge in [-0.2, -0.15) is 13.2 Å². The SMILES string of the molecule is O=C(CSc1nc2ccc(NC(=O)c3cccc4ccccc34)cc2s1)Nc1ccccc1C(F)(F)F. The fourth-order valence-corrected chi connectivity index (χ4v) is 5.73. The minimum absolute atomic E-state index is 0.101. The van der Waals surface area contributed by atoms with Gasteiger partial charge < -0.3 is 10.6 Å². The van der Waals surface area contributed by atoms with Crippen molar-refractivity contribution in [2.75, 3.05) is 16.4 Å². The van der Waals surface area contributed by atoms with Gasteiger partial charge in [-0.15, -0.1) is 11.3 Å². The zero-order valence-corrected chi connectivity index (χ0v) is 20.6. The second-order valence-electron chi connectivity index (χ2n) is 8.02. The molecule has 5 rings (SSSR count). The number of para-hydroxylation sites is 1. The normalized spacial score (nSPS) is 11.5. The van der Waals surface area contributed by atoms with Gasteiger partial charge >= 0.3 is 6.18 Å². The third kappa shape index (κ3) is 5.60. The third-order valence-electron chi connectivity index (χ3n) is 5.49. The molecule has 186 valence electrons. The molecule has 0 radical (unpaired) electrons. The average Bonchev–Trinajstić information content (AvgIpc) is 3.29. The number of anilines is 2. The number of aromatic nitrogens is 1. The first-order chi connectivity index (χ1) is 17.8. The van der Waals surface area contributed by atoms with Crippen molar-refractivity contribution in [3.05, 3.63) is 96.1 Å². The topological polar surface area (TPSA) is 71.1 Å². The highest BCUT2D eigenvalue weighted by Crippen LogP contribution is 2.35. The largest absolute Gasteiger partial charge is 0.418 e. The number of carbonyl (C=O) groups excluding carboxylic acids is 2. The van der Waals surface area contributed by atoms with E-state index < -0.39 is 17.6 Å². The van der Waals surface area contributed by atoms with Crippen LogP contribution in [-0.4, -0.2) is 22.6 Å². The van der Waals surface area contributed by atoms with Gasteiger partial charge in [0.1, 0.15) is 0 Å². The maximum Gasteiger partial charge on any atom is 0.418 e. The van der Waals surface area contributed by atoms with Gasteiger partial charge in [-0.05, 0) is 47.2 Å². The van der Waals surface area contributed by atoms with Gasteiger partial charge in [-0.1, -0.05) is 60.3 Å². The molecule has 0 spiro atoms. The number of alkyl halides is 3. The van der Waals surface area contributed by atoms with Gasteiger partial charge in [0.15, 0.2) is 4.34 Å². The number of thioether (sulfide) groups is 1. The highest BCUT2D eigenvalue weighted by Gasteiger charge is 2.33. The van der Waals surface area contributed by atoms with E-state index in [1.165, 1.54) is 29.5 Å². The molecule has 0 saturated heterocycles. The second-order valence-corrected chi connectivity index (χ2v) is 10.3. The van der Waals surface area contributed by atoms with Gasteiger partial charge in [-0.25, -0.2) is 4.98 Å². The Bertz CT molecular complexity index is 1630. The lowest BCUT2D eigenvalue weighted by molar-refractivity contribution is -0.137. The Morgan fingerprint density at radius 3 is 2.49 bits per heavy atom. The summed E-state index contributed by atoms with van der Waals surface area (Å²) in [5, 5.41) is 7.08. The molecule has 0 aliphatic rings. The van der Waals surface area contributed by atoms with E-state index in [1.54, 1.807) is 24.3 Å². The molecule has 0 aliphatic carbocycles. The molecule has 2 amide bonds. The van der Waals surface area contributed by atoms with Crippen LogP contribution in [0.15, 0.2) is 89.3 Å². The molecule has 4 aromatic carbocycles. The van der Waals surface area contributed by atoms with E-state index in [0.717, 1.165) is 33.3 Å². The molecule has 37 heavy (non-hydrogen) atoms. The van der Waals surface area contributed by atoms with Crippen LogP contribution in [0.25, 0.3) is 21.0 Å². The number of nitrogens with zero attached hydrogens (tertiary/aromatic N) is 1. The standard InChI is InChI=1S/C27H18F3N3O2S2/c28-27(29,30)20-10-3-4-11-21(20)32-24(34)15-36-26-33-22-13-12-17(14-23(22)37-26)31-25(35)19-9-5-7-16-6-1-2-8-18(16)19/h1-14H,15H2,(H,31,35)(H,32,34). The van der Waals surface area contributed by atoms with E-state index >= 15 is 0 Å². The Kier molecular flexibility index (Phi) is 6.86. The molecule has 10 heteroatoms. The molecule has 2 N–H and O–H groups in total. The second kappa shape index (κ2) is 10.2. The summed E-state index contributed by atoms with van der Waals surface area (Å²) in [7, 11) is 0. The predicted molar refractivity (Wildman–Crippen MR) is 142 cm³/mol. The summed E-state index contributed by atoms with van der Waals surface area (Å²) in [6.07, 6.45) is -4.56. The van der Waals surface area contributed by atoms with Crippen LogP contribution in [0.4, 0.5) is 24.5 Å². The van der Waals surface area contributed by atoms with Crippen molar-refractivity contribution in [2.24, 2.45) is 0 Å². The van der Waals surface area contributed by atoms with Gasteiger partial charge in [-0.3, -0.25) is 9.59 Å². The quantitative estimate of drug-likeness (QED) is 0.221. The fourth-order valence-electron chi connectivity index (χ4n) is 3.82. The lowest BCUT2D eigenvalue weighted by Gasteiger charge is -2.13. The molecular formula is C27H18F3N3O2S2. The fraction of sp³-hybridized carbons (Fsp3) is 0.0741. The summed E-state index contributed by atoms with van der Waals surface area (Å²) in [5.41, 5.74) is 0.686. The number of carbonyl (C=O) groups is 2. The van der Waals surface area contributed by atoms with E-state index in [1.807, 2.05) is 36.4 Å². The number of hydrogen-bond acceptors (Lipinski definition) is 5. The average molecular weight is 538 g/mol. The smallest absolute Gasteiger partial charge is 0.325 e. The zero-order chi connectivity index (χ0) is 26.0. The van der Waals surface area contributed by atoms with Gasteiger partial charge in [0, 0.05) is 11.3 Å². The molecular weight excluding hydrogens is 519 g/mol. The van der Waals surface area contributed by atoms with E-state index in [4.69, 9.17) is 0 Å². The van der Waals surface area contributed by atoms with Crippen LogP contribution < -0.4 is 10.6 Å². The maximum absolute atomic E-state index is 13.2. The highest BCUT2D eigenvalue weighted by molar-refractivity contribution is 8.01. The number of amides is 2. The number of thiazole rings is 1. The first-order valence-corrected chi connectivity index (χ1v) is 12.9. The van der Waals surface area contributed by atoms with Crippen molar-refractivity contribution in [3.8, 4) is 0 Å². The highest BCUT2D eigenvalue weighted by atomic mass is 32.2. The Balaban J connectivity index is 1.26. The van der Waals surface area contributed by atoms with Crippen LogP contribution in [0.1, 0.15) is 15.9 Å². The van der Waals surface area contributed by atoms with Crippen molar-refractivity contribution in [1.82, 2.24) is 4.98 Å². The summed E-state index contributed by atoms with van der Waals surface area (Å²) in [5.74, 6) is -0.897. The summed E-state index contributed by atoms with van der Waals surface area (Å²) in [6.45, 7) is 0. The monoisotopic (exact) mass is 537 g/mol. The number of halogens is 3. The number of rotatable bonds is 6. The van der Waals surface area contributed by atoms with E-state index in [2.05, 4.69) is 15.6 Å². The Labute approximate surface area is 217 Å². The lowest BCUT2D eigenvalue weighted by Crippen LogP contribution is -2.18. The van der Waals surface area contributed by atoms with Crippen LogP contribution in [0.5, 0.6) is 0 Å². The summed E-state index contributed by atoms with van der Waals surface area (Å²) >= 11 is 2.46. The minimum atomic E-state index is -4.56. The van der Waals surface area contributed by atoms with Crippen molar-refractivity contribution in [1.29, 1.82) is 0 Å². The van der Waals surface area contributed by atoms with Gasteiger partial charge in [0.25, 0.3) is 5.91 Å². The lowest BCUT2D eigenvalue weighted by atomic mass is 10.0. The third-order valence-corrected chi connectivity index (χ3v) is 7.66. The molecule has 0 unspecified atom stereocenters. The van der Waals surface area contributed by atoms with E-state index in [-0.39, 0.29) is 17.3 Å². The predicted octanol–water partition coefficient (Wildman–Crippen LogP) is 7.45. The molecule has 0 saturated carbocycles. The van der Waals surface area contributed by atoms with Crippen LogP contribution >= 0.6 is 23.1 Å². The van der Waals surface area contributed by atoms with Crippen molar-refractivity contribution >= 4 is 67.3 Å². The maximum atomic E-state index is 13.2. The van der Waals surface area contributed by atoms with Gasteiger partial charge in [0.2, 0.25) is 5.91 Å². The Hall–Kier alpha value is -3.89. The summed E-state index contributed by atoms with van der Waals surface area (Å²) in [6, 6.07) is 23.4. The molecule has 5 nitrogen and oxygen atoms in total. The molecule has 0 fully saturated rings. The number of nitrogens with one attached hydrogen (secondary N) is 2. The minimum Gasteiger partial charge on any atom is -0.325 e. The molecule has 0 aliphatic heterocycles.